The Morgan fingerprint density at radius 2 is 1.79 bits per heavy atom. The smallest absolute Gasteiger partial charge is 0.410 e. The van der Waals surface area contributed by atoms with Crippen LogP contribution in [0, 0.1) is 17.6 Å². The van der Waals surface area contributed by atoms with Crippen molar-refractivity contribution in [2.75, 3.05) is 11.9 Å². The van der Waals surface area contributed by atoms with E-state index in [4.69, 9.17) is 4.74 Å². The molecule has 1 saturated heterocycles. The molecule has 0 aromatic heterocycles. The number of ether oxygens (including phenoxy) is 1. The summed E-state index contributed by atoms with van der Waals surface area (Å²) in [6.07, 6.45) is 6.40. The fraction of sp³-hybridized carbons (Fsp3) is 0.514. The zero-order chi connectivity index (χ0) is 36.8. The van der Waals surface area contributed by atoms with Crippen LogP contribution in [-0.4, -0.2) is 77.1 Å². The van der Waals surface area contributed by atoms with Gasteiger partial charge in [-0.15, -0.1) is 0 Å². The number of hydrogen-bond acceptors (Lipinski definition) is 8. The van der Waals surface area contributed by atoms with Crippen molar-refractivity contribution in [1.82, 2.24) is 19.8 Å². The summed E-state index contributed by atoms with van der Waals surface area (Å²) in [7, 11) is -4.01. The van der Waals surface area contributed by atoms with Gasteiger partial charge < -0.3 is 20.3 Å². The number of carbonyl (C=O) groups is 4. The molecule has 7 rings (SSSR count). The Labute approximate surface area is 301 Å². The second-order valence-electron chi connectivity index (χ2n) is 14.9. The minimum atomic E-state index is -4.01. The van der Waals surface area contributed by atoms with Crippen molar-refractivity contribution in [2.24, 2.45) is 5.92 Å². The molecule has 5 aliphatic rings. The minimum Gasteiger partial charge on any atom is -0.444 e. The zero-order valence-corrected chi connectivity index (χ0v) is 29.7. The largest absolute Gasteiger partial charge is 0.444 e. The summed E-state index contributed by atoms with van der Waals surface area (Å²) in [5, 5.41) is 6.02. The standard InChI is InChI=1S/C37H43F2N5O7S/c1-36(16-17-36)52(49,50)42-34(47)37-19-24(37)9-5-3-2-4-6-11-30(40-26-14-12-25(38)13-15-26)33(46)44-21-27(18-31(44)32(45)41-37)51-35(48)43-20-23-8-7-10-29(39)28(23)22-43/h5,7-10,12-15,24,27,30-31,40H,2-4,6,11,16-22H2,1H3,(H,41,45)(H,42,47)/b9-5-/t24-,27-,30+,31+,37-/m1/s1. The lowest BCUT2D eigenvalue weighted by Crippen LogP contribution is -2.58. The van der Waals surface area contributed by atoms with Crippen molar-refractivity contribution >= 4 is 39.5 Å². The zero-order valence-electron chi connectivity index (χ0n) is 28.9. The Hall–Kier alpha value is -4.53. The normalized spacial score (nSPS) is 29.0. The number of nitrogens with one attached hydrogen (secondary N) is 3. The van der Waals surface area contributed by atoms with E-state index in [9.17, 15) is 36.4 Å². The van der Waals surface area contributed by atoms with Crippen molar-refractivity contribution in [3.8, 4) is 0 Å². The van der Waals surface area contributed by atoms with Crippen LogP contribution in [-0.2, 0) is 42.2 Å². The molecule has 52 heavy (non-hydrogen) atoms. The molecule has 15 heteroatoms. The summed E-state index contributed by atoms with van der Waals surface area (Å²) in [5.74, 6) is -3.28. The van der Waals surface area contributed by atoms with Gasteiger partial charge in [-0.2, -0.15) is 0 Å². The summed E-state index contributed by atoms with van der Waals surface area (Å²) < 4.78 is 61.3. The number of halogens is 2. The Morgan fingerprint density at radius 3 is 2.52 bits per heavy atom. The molecular weight excluding hydrogens is 696 g/mol. The number of benzene rings is 2. The van der Waals surface area contributed by atoms with E-state index in [0.717, 1.165) is 12.8 Å². The van der Waals surface area contributed by atoms with Gasteiger partial charge in [-0.1, -0.05) is 37.1 Å². The molecule has 12 nitrogen and oxygen atoms in total. The second-order valence-corrected chi connectivity index (χ2v) is 17.1. The number of allylic oxidation sites excluding steroid dienone is 1. The SMILES string of the molecule is CC1(S(=O)(=O)NC(=O)[C@@]23C[C@H]2/C=C\CCCCC[C@H](Nc2ccc(F)cc2)C(=O)N2C[C@H](OC(=O)N4Cc5cccc(F)c5C4)C[C@H]2C(=O)N3)CC1. The highest BCUT2D eigenvalue weighted by atomic mass is 32.2. The van der Waals surface area contributed by atoms with Gasteiger partial charge >= 0.3 is 6.09 Å². The molecule has 3 fully saturated rings. The highest BCUT2D eigenvalue weighted by Crippen LogP contribution is 2.47. The molecule has 0 spiro atoms. The van der Waals surface area contributed by atoms with Crippen molar-refractivity contribution in [3.05, 3.63) is 77.4 Å². The number of nitrogens with zero attached hydrogens (tertiary/aromatic N) is 2. The highest BCUT2D eigenvalue weighted by molar-refractivity contribution is 7.91. The van der Waals surface area contributed by atoms with Crippen molar-refractivity contribution in [3.63, 3.8) is 0 Å². The van der Waals surface area contributed by atoms with Gasteiger partial charge in [-0.3, -0.25) is 24.0 Å². The van der Waals surface area contributed by atoms with Gasteiger partial charge in [0.15, 0.2) is 0 Å². The van der Waals surface area contributed by atoms with E-state index in [2.05, 4.69) is 15.4 Å². The number of anilines is 1. The lowest BCUT2D eigenvalue weighted by molar-refractivity contribution is -0.140. The molecule has 3 heterocycles. The Kier molecular flexibility index (Phi) is 9.51. The predicted octanol–water partition coefficient (Wildman–Crippen LogP) is 4.26. The summed E-state index contributed by atoms with van der Waals surface area (Å²) >= 11 is 0. The van der Waals surface area contributed by atoms with Crippen LogP contribution in [0.4, 0.5) is 19.3 Å². The number of amides is 4. The van der Waals surface area contributed by atoms with Crippen LogP contribution in [0.1, 0.15) is 75.8 Å². The number of sulfonamides is 1. The Balaban J connectivity index is 1.15. The first kappa shape index (κ1) is 35.9. The van der Waals surface area contributed by atoms with Crippen LogP contribution < -0.4 is 15.4 Å². The van der Waals surface area contributed by atoms with Gasteiger partial charge in [0.1, 0.15) is 35.4 Å². The summed E-state index contributed by atoms with van der Waals surface area (Å²) in [5.41, 5.74) is 0.0190. The lowest BCUT2D eigenvalue weighted by Gasteiger charge is -2.30. The molecule has 5 atom stereocenters. The molecular formula is C37H43F2N5O7S. The fourth-order valence-corrected chi connectivity index (χ4v) is 8.73. The number of rotatable bonds is 6. The van der Waals surface area contributed by atoms with Crippen molar-refractivity contribution < 1.29 is 41.1 Å². The van der Waals surface area contributed by atoms with E-state index in [1.54, 1.807) is 19.1 Å². The van der Waals surface area contributed by atoms with Crippen molar-refractivity contribution in [1.29, 1.82) is 0 Å². The monoisotopic (exact) mass is 739 g/mol. The lowest BCUT2D eigenvalue weighted by atomic mass is 10.0. The molecule has 3 aliphatic heterocycles. The van der Waals surface area contributed by atoms with Gasteiger partial charge in [-0.05, 0) is 81.3 Å². The van der Waals surface area contributed by atoms with Crippen LogP contribution in [0.25, 0.3) is 0 Å². The van der Waals surface area contributed by atoms with Gasteiger partial charge in [0.2, 0.25) is 21.8 Å². The number of carbonyl (C=O) groups excluding carboxylic acids is 4. The summed E-state index contributed by atoms with van der Waals surface area (Å²) in [6, 6.07) is 8.22. The van der Waals surface area contributed by atoms with Crippen LogP contribution >= 0.6 is 0 Å². The molecule has 2 aliphatic carbocycles. The molecule has 2 saturated carbocycles. The van der Waals surface area contributed by atoms with E-state index in [0.29, 0.717) is 48.9 Å². The average molecular weight is 740 g/mol. The van der Waals surface area contributed by atoms with E-state index in [-0.39, 0.29) is 32.5 Å². The summed E-state index contributed by atoms with van der Waals surface area (Å²) in [6.45, 7) is 1.59. The predicted molar refractivity (Wildman–Crippen MR) is 186 cm³/mol. The maximum Gasteiger partial charge on any atom is 0.410 e. The van der Waals surface area contributed by atoms with Gasteiger partial charge in [0.05, 0.1) is 17.8 Å². The van der Waals surface area contributed by atoms with Crippen LogP contribution in [0.2, 0.25) is 0 Å². The van der Waals surface area contributed by atoms with Crippen molar-refractivity contribution in [2.45, 2.75) is 106 Å². The second kappa shape index (κ2) is 13.8. The maximum absolute atomic E-state index is 14.4. The molecule has 0 bridgehead atoms. The minimum absolute atomic E-state index is 0.0122. The van der Waals surface area contributed by atoms with E-state index >= 15 is 0 Å². The third-order valence-corrected chi connectivity index (χ3v) is 13.3. The van der Waals surface area contributed by atoms with Gasteiger partial charge in [-0.25, -0.2) is 22.0 Å². The molecule has 278 valence electrons. The van der Waals surface area contributed by atoms with Gasteiger partial charge in [0.25, 0.3) is 5.91 Å². The topological polar surface area (TPSA) is 154 Å². The number of hydrogen-bond donors (Lipinski definition) is 3. The first-order chi connectivity index (χ1) is 24.8. The molecule has 0 radical (unpaired) electrons. The Bertz CT molecular complexity index is 1900. The third kappa shape index (κ3) is 7.11. The van der Waals surface area contributed by atoms with Crippen LogP contribution in [0.3, 0.4) is 0 Å². The van der Waals surface area contributed by atoms with E-state index in [1.807, 2.05) is 12.2 Å². The highest BCUT2D eigenvalue weighted by Gasteiger charge is 2.63. The van der Waals surface area contributed by atoms with Crippen LogP contribution in [0.5, 0.6) is 0 Å². The first-order valence-electron chi connectivity index (χ1n) is 17.9. The van der Waals surface area contributed by atoms with E-state index in [1.165, 1.54) is 40.1 Å². The average Bonchev–Trinajstić information content (AvgIpc) is 3.90. The maximum atomic E-state index is 14.4. The Morgan fingerprint density at radius 1 is 1.02 bits per heavy atom. The van der Waals surface area contributed by atoms with Gasteiger partial charge in [0, 0.05) is 30.1 Å². The molecule has 2 aromatic carbocycles. The fourth-order valence-electron chi connectivity index (χ4n) is 7.42. The molecule has 3 N–H and O–H groups in total. The van der Waals surface area contributed by atoms with Crippen LogP contribution in [0.15, 0.2) is 54.6 Å². The molecule has 0 unspecified atom stereocenters. The quantitative estimate of drug-likeness (QED) is 0.372. The third-order valence-electron chi connectivity index (χ3n) is 11.1. The first-order valence-corrected chi connectivity index (χ1v) is 19.4. The molecule has 4 amide bonds. The van der Waals surface area contributed by atoms with E-state index < -0.39 is 79.9 Å². The number of fused-ring (bicyclic) bond motifs is 3. The molecule has 2 aromatic rings. The summed E-state index contributed by atoms with van der Waals surface area (Å²) in [4.78, 5) is 58.5.